The molecule has 2 aromatic rings. The number of imidazole rings is 1. The summed E-state index contributed by atoms with van der Waals surface area (Å²) in [4.78, 5) is 28.4. The second-order valence-electron chi connectivity index (χ2n) is 5.68. The zero-order valence-corrected chi connectivity index (χ0v) is 13.5. The van der Waals surface area contributed by atoms with Crippen LogP contribution in [-0.4, -0.2) is 57.0 Å². The molecule has 1 unspecified atom stereocenters. The summed E-state index contributed by atoms with van der Waals surface area (Å²) in [6.07, 6.45) is 5.27. The Morgan fingerprint density at radius 3 is 2.96 bits per heavy atom. The SMILES string of the molecule is CCN1CCN(C(=O)Nc2ccnc(C)c2)CC1c1ncc[nH]1. The van der Waals surface area contributed by atoms with Gasteiger partial charge >= 0.3 is 6.03 Å². The molecule has 1 aliphatic heterocycles. The number of amides is 2. The molecule has 0 saturated carbocycles. The smallest absolute Gasteiger partial charge is 0.321 e. The molecular weight excluding hydrogens is 292 g/mol. The predicted octanol–water partition coefficient (Wildman–Crippen LogP) is 2.02. The van der Waals surface area contributed by atoms with Crippen LogP contribution in [0, 0.1) is 6.92 Å². The molecule has 1 aliphatic rings. The molecule has 2 amide bonds. The minimum atomic E-state index is -0.0806. The van der Waals surface area contributed by atoms with E-state index in [2.05, 4.69) is 32.1 Å². The summed E-state index contributed by atoms with van der Waals surface area (Å²) >= 11 is 0. The van der Waals surface area contributed by atoms with Gasteiger partial charge in [-0.2, -0.15) is 0 Å². The third-order valence-electron chi connectivity index (χ3n) is 4.17. The summed E-state index contributed by atoms with van der Waals surface area (Å²) in [5, 5.41) is 2.95. The number of nitrogens with zero attached hydrogens (tertiary/aromatic N) is 4. The van der Waals surface area contributed by atoms with Gasteiger partial charge in [0.05, 0.1) is 6.04 Å². The number of carbonyl (C=O) groups excluding carboxylic acids is 1. The van der Waals surface area contributed by atoms with Crippen LogP contribution in [0.4, 0.5) is 10.5 Å². The minimum absolute atomic E-state index is 0.0806. The van der Waals surface area contributed by atoms with E-state index in [9.17, 15) is 4.79 Å². The van der Waals surface area contributed by atoms with Crippen LogP contribution in [0.1, 0.15) is 24.5 Å². The fourth-order valence-corrected chi connectivity index (χ4v) is 2.93. The first-order chi connectivity index (χ1) is 11.2. The van der Waals surface area contributed by atoms with E-state index in [4.69, 9.17) is 0 Å². The lowest BCUT2D eigenvalue weighted by atomic mass is 10.1. The number of aryl methyl sites for hydroxylation is 1. The monoisotopic (exact) mass is 314 g/mol. The molecule has 0 aliphatic carbocycles. The number of likely N-dealkylation sites (N-methyl/N-ethyl adjacent to an activating group) is 1. The molecule has 3 rings (SSSR count). The predicted molar refractivity (Wildman–Crippen MR) is 88.1 cm³/mol. The largest absolute Gasteiger partial charge is 0.347 e. The molecule has 1 saturated heterocycles. The molecule has 0 aromatic carbocycles. The molecule has 1 fully saturated rings. The maximum absolute atomic E-state index is 12.5. The number of H-pyrrole nitrogens is 1. The van der Waals surface area contributed by atoms with E-state index in [0.717, 1.165) is 30.3 Å². The first-order valence-electron chi connectivity index (χ1n) is 7.89. The summed E-state index contributed by atoms with van der Waals surface area (Å²) in [6, 6.07) is 3.69. The molecule has 1 atom stereocenters. The van der Waals surface area contributed by atoms with Crippen molar-refractivity contribution in [2.75, 3.05) is 31.5 Å². The van der Waals surface area contributed by atoms with Crippen LogP contribution in [-0.2, 0) is 0 Å². The van der Waals surface area contributed by atoms with Crippen molar-refractivity contribution in [1.29, 1.82) is 0 Å². The number of urea groups is 1. The lowest BCUT2D eigenvalue weighted by Crippen LogP contribution is -2.51. The Morgan fingerprint density at radius 2 is 2.26 bits per heavy atom. The highest BCUT2D eigenvalue weighted by Crippen LogP contribution is 2.23. The Hall–Kier alpha value is -2.41. The molecule has 23 heavy (non-hydrogen) atoms. The number of pyridine rings is 1. The van der Waals surface area contributed by atoms with Gasteiger partial charge in [0.1, 0.15) is 5.82 Å². The van der Waals surface area contributed by atoms with Gasteiger partial charge in [0.25, 0.3) is 0 Å². The summed E-state index contributed by atoms with van der Waals surface area (Å²) in [5.74, 6) is 0.907. The minimum Gasteiger partial charge on any atom is -0.347 e. The van der Waals surface area contributed by atoms with Gasteiger partial charge in [0.2, 0.25) is 0 Å². The zero-order valence-electron chi connectivity index (χ0n) is 13.5. The maximum atomic E-state index is 12.5. The Labute approximate surface area is 135 Å². The highest BCUT2D eigenvalue weighted by molar-refractivity contribution is 5.89. The van der Waals surface area contributed by atoms with Crippen molar-refractivity contribution < 1.29 is 4.79 Å². The van der Waals surface area contributed by atoms with Crippen molar-refractivity contribution in [2.45, 2.75) is 19.9 Å². The Balaban J connectivity index is 1.69. The molecule has 0 bridgehead atoms. The highest BCUT2D eigenvalue weighted by Gasteiger charge is 2.31. The van der Waals surface area contributed by atoms with Crippen molar-refractivity contribution >= 4 is 11.7 Å². The highest BCUT2D eigenvalue weighted by atomic mass is 16.2. The van der Waals surface area contributed by atoms with Gasteiger partial charge in [-0.1, -0.05) is 6.92 Å². The molecule has 7 nitrogen and oxygen atoms in total. The molecule has 7 heteroatoms. The normalized spacial score (nSPS) is 18.9. The van der Waals surface area contributed by atoms with Crippen molar-refractivity contribution in [3.8, 4) is 0 Å². The van der Waals surface area contributed by atoms with Crippen molar-refractivity contribution in [1.82, 2.24) is 24.8 Å². The average molecular weight is 314 g/mol. The number of piperazine rings is 1. The van der Waals surface area contributed by atoms with Crippen molar-refractivity contribution in [3.05, 3.63) is 42.2 Å². The van der Waals surface area contributed by atoms with E-state index in [1.165, 1.54) is 0 Å². The summed E-state index contributed by atoms with van der Waals surface area (Å²) in [5.41, 5.74) is 1.65. The number of aromatic amines is 1. The lowest BCUT2D eigenvalue weighted by molar-refractivity contribution is 0.0946. The second kappa shape index (κ2) is 6.78. The molecule has 0 spiro atoms. The van der Waals surface area contributed by atoms with Gasteiger partial charge in [-0.25, -0.2) is 9.78 Å². The summed E-state index contributed by atoms with van der Waals surface area (Å²) in [7, 11) is 0. The van der Waals surface area contributed by atoms with E-state index in [1.807, 2.05) is 24.1 Å². The molecule has 0 radical (unpaired) electrons. The van der Waals surface area contributed by atoms with Gasteiger partial charge in [0, 0.05) is 49.6 Å². The third-order valence-corrected chi connectivity index (χ3v) is 4.17. The molecule has 2 aromatic heterocycles. The van der Waals surface area contributed by atoms with Gasteiger partial charge in [-0.05, 0) is 25.6 Å². The molecular formula is C16H22N6O. The van der Waals surface area contributed by atoms with E-state index in [1.54, 1.807) is 18.5 Å². The van der Waals surface area contributed by atoms with Gasteiger partial charge in [0.15, 0.2) is 0 Å². The Bertz CT molecular complexity index is 656. The Morgan fingerprint density at radius 1 is 1.39 bits per heavy atom. The van der Waals surface area contributed by atoms with Crippen LogP contribution >= 0.6 is 0 Å². The van der Waals surface area contributed by atoms with Gasteiger partial charge < -0.3 is 15.2 Å². The number of nitrogens with one attached hydrogen (secondary N) is 2. The van der Waals surface area contributed by atoms with E-state index >= 15 is 0 Å². The Kier molecular flexibility index (Phi) is 4.57. The number of hydrogen-bond donors (Lipinski definition) is 2. The fraction of sp³-hybridized carbons (Fsp3) is 0.438. The third kappa shape index (κ3) is 3.50. The van der Waals surface area contributed by atoms with Gasteiger partial charge in [-0.3, -0.25) is 9.88 Å². The first-order valence-corrected chi connectivity index (χ1v) is 7.89. The fourth-order valence-electron chi connectivity index (χ4n) is 2.93. The topological polar surface area (TPSA) is 77.2 Å². The molecule has 3 heterocycles. The number of carbonyl (C=O) groups is 1. The van der Waals surface area contributed by atoms with Crippen molar-refractivity contribution in [2.24, 2.45) is 0 Å². The van der Waals surface area contributed by atoms with Crippen LogP contribution in [0.3, 0.4) is 0 Å². The van der Waals surface area contributed by atoms with E-state index < -0.39 is 0 Å². The van der Waals surface area contributed by atoms with Crippen LogP contribution in [0.15, 0.2) is 30.7 Å². The number of hydrogen-bond acceptors (Lipinski definition) is 4. The number of anilines is 1. The van der Waals surface area contributed by atoms with E-state index in [0.29, 0.717) is 13.1 Å². The van der Waals surface area contributed by atoms with Crippen molar-refractivity contribution in [3.63, 3.8) is 0 Å². The first kappa shape index (κ1) is 15.5. The number of rotatable bonds is 3. The van der Waals surface area contributed by atoms with Gasteiger partial charge in [-0.15, -0.1) is 0 Å². The van der Waals surface area contributed by atoms with Crippen LogP contribution in [0.5, 0.6) is 0 Å². The summed E-state index contributed by atoms with van der Waals surface area (Å²) in [6.45, 7) is 7.14. The van der Waals surface area contributed by atoms with Crippen LogP contribution in [0.2, 0.25) is 0 Å². The average Bonchev–Trinajstić information content (AvgIpc) is 3.08. The second-order valence-corrected chi connectivity index (χ2v) is 5.68. The molecule has 2 N–H and O–H groups in total. The summed E-state index contributed by atoms with van der Waals surface area (Å²) < 4.78 is 0. The quantitative estimate of drug-likeness (QED) is 0.908. The maximum Gasteiger partial charge on any atom is 0.321 e. The number of aromatic nitrogens is 3. The van der Waals surface area contributed by atoms with Crippen LogP contribution in [0.25, 0.3) is 0 Å². The molecule has 122 valence electrons. The standard InChI is InChI=1S/C16H22N6O/c1-3-21-8-9-22(11-14(21)15-18-6-7-19-15)16(23)20-13-4-5-17-12(2)10-13/h4-7,10,14H,3,8-9,11H2,1-2H3,(H,18,19)(H,17,20,23). The zero-order chi connectivity index (χ0) is 16.2. The van der Waals surface area contributed by atoms with E-state index in [-0.39, 0.29) is 12.1 Å². The lowest BCUT2D eigenvalue weighted by Gasteiger charge is -2.39. The van der Waals surface area contributed by atoms with Crippen LogP contribution < -0.4 is 5.32 Å².